The van der Waals surface area contributed by atoms with Gasteiger partial charge < -0.3 is 15.4 Å². The molecule has 1 saturated heterocycles. The Bertz CT molecular complexity index is 1270. The molecule has 5 rings (SSSR count). The highest BCUT2D eigenvalue weighted by Gasteiger charge is 2.35. The zero-order chi connectivity index (χ0) is 23.3. The lowest BCUT2D eigenvalue weighted by Gasteiger charge is -2.22. The lowest BCUT2D eigenvalue weighted by Crippen LogP contribution is -2.29. The minimum atomic E-state index is -0.496. The number of aromatic nitrogens is 2. The molecule has 2 aliphatic heterocycles. The van der Waals surface area contributed by atoms with Gasteiger partial charge in [-0.15, -0.1) is 0 Å². The molecule has 0 bridgehead atoms. The second kappa shape index (κ2) is 8.08. The van der Waals surface area contributed by atoms with E-state index in [1.165, 1.54) is 24.3 Å². The number of nitrogens with zero attached hydrogens (tertiary/aromatic N) is 4. The third-order valence-electron chi connectivity index (χ3n) is 6.19. The first-order valence-corrected chi connectivity index (χ1v) is 10.7. The number of hydrogen-bond acceptors (Lipinski definition) is 6. The van der Waals surface area contributed by atoms with E-state index in [1.54, 1.807) is 36.1 Å². The molecule has 3 aromatic rings. The molecule has 0 aliphatic carbocycles. The van der Waals surface area contributed by atoms with Gasteiger partial charge in [-0.05, 0) is 43.2 Å². The Labute approximate surface area is 189 Å². The summed E-state index contributed by atoms with van der Waals surface area (Å²) in [4.78, 5) is 25.5. The van der Waals surface area contributed by atoms with Crippen LogP contribution in [0.3, 0.4) is 0 Å². The molecular formula is C24H23F2N5O2. The van der Waals surface area contributed by atoms with Crippen molar-refractivity contribution in [3.63, 3.8) is 0 Å². The average molecular weight is 451 g/mol. The molecule has 1 amide bonds. The van der Waals surface area contributed by atoms with Crippen LogP contribution >= 0.6 is 0 Å². The highest BCUT2D eigenvalue weighted by molar-refractivity contribution is 6.10. The number of fused-ring (bicyclic) bond motifs is 1. The molecule has 0 radical (unpaired) electrons. The Morgan fingerprint density at radius 1 is 1.24 bits per heavy atom. The van der Waals surface area contributed by atoms with Crippen LogP contribution in [0.4, 0.5) is 20.4 Å². The standard InChI is InChI=1S/C24H23F2N5O2/c1-13-10-19(29-23(21(13)26)30-9-7-14(27)11-30)31-12-16-15(24(31)32)6-8-28-22(16)20-17(25)4-3-5-18(20)33-2/h3-6,8,10,14H,7,9,11-12,27H2,1-2H3. The van der Waals surface area contributed by atoms with Crippen LogP contribution < -0.4 is 20.3 Å². The van der Waals surface area contributed by atoms with E-state index in [2.05, 4.69) is 9.97 Å². The van der Waals surface area contributed by atoms with Crippen molar-refractivity contribution in [2.75, 3.05) is 30.0 Å². The number of hydrogen-bond donors (Lipinski definition) is 1. The Morgan fingerprint density at radius 2 is 2.06 bits per heavy atom. The zero-order valence-electron chi connectivity index (χ0n) is 18.3. The second-order valence-electron chi connectivity index (χ2n) is 8.32. The van der Waals surface area contributed by atoms with Crippen molar-refractivity contribution in [3.8, 4) is 17.0 Å². The topological polar surface area (TPSA) is 84.6 Å². The van der Waals surface area contributed by atoms with Crippen LogP contribution in [0.5, 0.6) is 5.75 Å². The van der Waals surface area contributed by atoms with Gasteiger partial charge in [0.1, 0.15) is 17.4 Å². The summed E-state index contributed by atoms with van der Waals surface area (Å²) in [6.45, 7) is 2.88. The van der Waals surface area contributed by atoms with E-state index in [0.29, 0.717) is 47.0 Å². The van der Waals surface area contributed by atoms with Crippen LogP contribution in [-0.4, -0.2) is 42.1 Å². The molecule has 4 heterocycles. The van der Waals surface area contributed by atoms with Crippen molar-refractivity contribution >= 4 is 17.5 Å². The Morgan fingerprint density at radius 3 is 2.79 bits per heavy atom. The maximum absolute atomic E-state index is 14.9. The summed E-state index contributed by atoms with van der Waals surface area (Å²) in [5, 5.41) is 0. The molecule has 2 aliphatic rings. The van der Waals surface area contributed by atoms with E-state index in [0.717, 1.165) is 6.42 Å². The maximum Gasteiger partial charge on any atom is 0.260 e. The van der Waals surface area contributed by atoms with Crippen molar-refractivity contribution in [2.45, 2.75) is 25.9 Å². The van der Waals surface area contributed by atoms with Crippen molar-refractivity contribution in [1.29, 1.82) is 0 Å². The van der Waals surface area contributed by atoms with Crippen LogP contribution in [0.15, 0.2) is 36.5 Å². The van der Waals surface area contributed by atoms with Crippen LogP contribution in [0.1, 0.15) is 27.9 Å². The van der Waals surface area contributed by atoms with Gasteiger partial charge in [0.2, 0.25) is 0 Å². The smallest absolute Gasteiger partial charge is 0.260 e. The first kappa shape index (κ1) is 21.3. The maximum atomic E-state index is 14.9. The van der Waals surface area contributed by atoms with E-state index < -0.39 is 11.6 Å². The molecule has 170 valence electrons. The van der Waals surface area contributed by atoms with Gasteiger partial charge in [0, 0.05) is 36.5 Å². The molecule has 33 heavy (non-hydrogen) atoms. The molecule has 0 saturated carbocycles. The number of halogens is 2. The van der Waals surface area contributed by atoms with E-state index >= 15 is 0 Å². The normalized spacial score (nSPS) is 17.6. The van der Waals surface area contributed by atoms with Gasteiger partial charge >= 0.3 is 0 Å². The zero-order valence-corrected chi connectivity index (χ0v) is 18.3. The minimum Gasteiger partial charge on any atom is -0.496 e. The molecule has 1 fully saturated rings. The highest BCUT2D eigenvalue weighted by atomic mass is 19.1. The molecule has 2 N–H and O–H groups in total. The molecule has 9 heteroatoms. The summed E-state index contributed by atoms with van der Waals surface area (Å²) < 4.78 is 35.0. The summed E-state index contributed by atoms with van der Waals surface area (Å²) in [7, 11) is 1.45. The first-order valence-electron chi connectivity index (χ1n) is 10.7. The Hall–Kier alpha value is -3.59. The first-order chi connectivity index (χ1) is 15.9. The van der Waals surface area contributed by atoms with Gasteiger partial charge in [0.15, 0.2) is 11.6 Å². The minimum absolute atomic E-state index is 0.0442. The number of amides is 1. The number of rotatable bonds is 4. The monoisotopic (exact) mass is 451 g/mol. The molecule has 1 unspecified atom stereocenters. The third-order valence-corrected chi connectivity index (χ3v) is 6.19. The highest BCUT2D eigenvalue weighted by Crippen LogP contribution is 2.39. The van der Waals surface area contributed by atoms with Gasteiger partial charge in [0.25, 0.3) is 5.91 Å². The number of nitrogens with two attached hydrogens (primary N) is 1. The summed E-state index contributed by atoms with van der Waals surface area (Å²) in [5.74, 6) is -0.371. The number of carbonyl (C=O) groups excluding carboxylic acids is 1. The molecular weight excluding hydrogens is 428 g/mol. The lowest BCUT2D eigenvalue weighted by atomic mass is 10.0. The Balaban J connectivity index is 1.57. The van der Waals surface area contributed by atoms with Crippen LogP contribution in [0.25, 0.3) is 11.3 Å². The Kier molecular flexibility index (Phi) is 5.20. The van der Waals surface area contributed by atoms with Crippen LogP contribution in [0, 0.1) is 18.6 Å². The number of benzene rings is 1. The molecule has 1 aromatic carbocycles. The van der Waals surface area contributed by atoms with Gasteiger partial charge in [-0.25, -0.2) is 13.8 Å². The van der Waals surface area contributed by atoms with Gasteiger partial charge in [-0.2, -0.15) is 0 Å². The van der Waals surface area contributed by atoms with Gasteiger partial charge in [0.05, 0.1) is 24.9 Å². The van der Waals surface area contributed by atoms with Gasteiger partial charge in [-0.1, -0.05) is 6.07 Å². The van der Waals surface area contributed by atoms with E-state index in [-0.39, 0.29) is 29.9 Å². The third kappa shape index (κ3) is 3.48. The summed E-state index contributed by atoms with van der Waals surface area (Å²) in [5.41, 5.74) is 7.88. The van der Waals surface area contributed by atoms with E-state index in [4.69, 9.17) is 10.5 Å². The summed E-state index contributed by atoms with van der Waals surface area (Å²) in [6, 6.07) is 7.63. The predicted octanol–water partition coefficient (Wildman–Crippen LogP) is 3.44. The van der Waals surface area contributed by atoms with Crippen molar-refractivity contribution in [1.82, 2.24) is 9.97 Å². The number of anilines is 2. The van der Waals surface area contributed by atoms with Crippen molar-refractivity contribution in [2.24, 2.45) is 5.73 Å². The lowest BCUT2D eigenvalue weighted by molar-refractivity contribution is 0.0996. The molecule has 2 aromatic heterocycles. The SMILES string of the molecule is COc1cccc(F)c1-c1nccc2c1CN(c1cc(C)c(F)c(N3CCC(N)C3)n1)C2=O. The number of pyridine rings is 2. The van der Waals surface area contributed by atoms with Crippen molar-refractivity contribution < 1.29 is 18.3 Å². The van der Waals surface area contributed by atoms with Crippen molar-refractivity contribution in [3.05, 3.63) is 64.9 Å². The number of ether oxygens (including phenoxy) is 1. The largest absolute Gasteiger partial charge is 0.496 e. The average Bonchev–Trinajstić information content (AvgIpc) is 3.39. The second-order valence-corrected chi connectivity index (χ2v) is 8.32. The van der Waals surface area contributed by atoms with Gasteiger partial charge in [-0.3, -0.25) is 14.7 Å². The van der Waals surface area contributed by atoms with E-state index in [9.17, 15) is 13.6 Å². The molecule has 1 atom stereocenters. The summed E-state index contributed by atoms with van der Waals surface area (Å²) >= 11 is 0. The predicted molar refractivity (Wildman–Crippen MR) is 120 cm³/mol. The van der Waals surface area contributed by atoms with Crippen LogP contribution in [0.2, 0.25) is 0 Å². The fourth-order valence-electron chi connectivity index (χ4n) is 4.48. The fourth-order valence-corrected chi connectivity index (χ4v) is 4.48. The van der Waals surface area contributed by atoms with E-state index in [1.807, 2.05) is 0 Å². The fraction of sp³-hybridized carbons (Fsp3) is 0.292. The van der Waals surface area contributed by atoms with Crippen LogP contribution in [-0.2, 0) is 6.54 Å². The number of carbonyl (C=O) groups is 1. The molecule has 7 nitrogen and oxygen atoms in total. The quantitative estimate of drug-likeness (QED) is 0.654. The molecule has 0 spiro atoms. The summed E-state index contributed by atoms with van der Waals surface area (Å²) in [6.07, 6.45) is 2.22. The number of methoxy groups -OCH3 is 1. The number of aryl methyl sites for hydroxylation is 1.